The summed E-state index contributed by atoms with van der Waals surface area (Å²) in [4.78, 5) is 28.6. The van der Waals surface area contributed by atoms with E-state index in [1.807, 2.05) is 0 Å². The Morgan fingerprint density at radius 3 is 2.68 bits per heavy atom. The molecule has 1 heterocycles. The van der Waals surface area contributed by atoms with Crippen molar-refractivity contribution < 1.29 is 28.9 Å². The van der Waals surface area contributed by atoms with Gasteiger partial charge in [0.2, 0.25) is 0 Å². The number of rotatable bonds is 11. The van der Waals surface area contributed by atoms with Gasteiger partial charge in [0.05, 0.1) is 13.2 Å². The maximum atomic E-state index is 12.4. The van der Waals surface area contributed by atoms with Crippen LogP contribution in [0.4, 0.5) is 0 Å². The van der Waals surface area contributed by atoms with E-state index in [0.717, 1.165) is 12.8 Å². The number of aromatic nitrogens is 1. The van der Waals surface area contributed by atoms with Crippen LogP contribution in [0.15, 0.2) is 12.3 Å². The molecule has 0 radical (unpaired) electrons. The van der Waals surface area contributed by atoms with Crippen molar-refractivity contribution in [1.29, 1.82) is 0 Å². The van der Waals surface area contributed by atoms with Gasteiger partial charge in [0.15, 0.2) is 17.2 Å². The van der Waals surface area contributed by atoms with E-state index >= 15 is 0 Å². The second-order valence-corrected chi connectivity index (χ2v) is 7.15. The molecule has 2 N–H and O–H groups in total. The molecule has 1 aliphatic carbocycles. The fourth-order valence-electron chi connectivity index (χ4n) is 2.73. The SMILES string of the molecule is CCC[C@@H](OCC1CC1)[C@H](C)OC(=O)[C@H](C)NC(=O)c1nccc(OC)c1O. The van der Waals surface area contributed by atoms with Crippen LogP contribution in [0.25, 0.3) is 0 Å². The molecule has 0 saturated heterocycles. The largest absolute Gasteiger partial charge is 0.503 e. The van der Waals surface area contributed by atoms with Gasteiger partial charge in [-0.1, -0.05) is 13.3 Å². The number of amides is 1. The van der Waals surface area contributed by atoms with Crippen molar-refractivity contribution in [2.75, 3.05) is 13.7 Å². The summed E-state index contributed by atoms with van der Waals surface area (Å²) < 4.78 is 16.4. The van der Waals surface area contributed by atoms with Crippen LogP contribution in [-0.2, 0) is 14.3 Å². The fraction of sp³-hybridized carbons (Fsp3) is 0.650. The molecule has 0 bridgehead atoms. The Morgan fingerprint density at radius 1 is 1.36 bits per heavy atom. The monoisotopic (exact) mass is 394 g/mol. The average molecular weight is 394 g/mol. The predicted molar refractivity (Wildman–Crippen MR) is 102 cm³/mol. The number of esters is 1. The number of methoxy groups -OCH3 is 1. The van der Waals surface area contributed by atoms with Gasteiger partial charge in [-0.05, 0) is 39.0 Å². The van der Waals surface area contributed by atoms with Crippen LogP contribution in [0.3, 0.4) is 0 Å². The zero-order chi connectivity index (χ0) is 20.7. The third-order valence-corrected chi connectivity index (χ3v) is 4.67. The van der Waals surface area contributed by atoms with Gasteiger partial charge in [-0.15, -0.1) is 0 Å². The van der Waals surface area contributed by atoms with Crippen LogP contribution in [0, 0.1) is 5.92 Å². The van der Waals surface area contributed by atoms with Gasteiger partial charge in [0.1, 0.15) is 12.1 Å². The first-order chi connectivity index (χ1) is 13.4. The third-order valence-electron chi connectivity index (χ3n) is 4.67. The van der Waals surface area contributed by atoms with Crippen LogP contribution >= 0.6 is 0 Å². The Kier molecular flexibility index (Phi) is 8.04. The van der Waals surface area contributed by atoms with Gasteiger partial charge in [-0.3, -0.25) is 4.79 Å². The van der Waals surface area contributed by atoms with Crippen LogP contribution < -0.4 is 10.1 Å². The molecule has 8 heteroatoms. The third kappa shape index (κ3) is 6.09. The molecule has 1 fully saturated rings. The van der Waals surface area contributed by atoms with Crippen molar-refractivity contribution in [3.05, 3.63) is 18.0 Å². The number of hydrogen-bond acceptors (Lipinski definition) is 7. The number of nitrogens with zero attached hydrogens (tertiary/aromatic N) is 1. The second kappa shape index (κ2) is 10.3. The summed E-state index contributed by atoms with van der Waals surface area (Å²) in [6.07, 6.45) is 4.86. The first-order valence-corrected chi connectivity index (χ1v) is 9.72. The first kappa shape index (κ1) is 21.9. The second-order valence-electron chi connectivity index (χ2n) is 7.15. The quantitative estimate of drug-likeness (QED) is 0.555. The average Bonchev–Trinajstić information content (AvgIpc) is 3.49. The van der Waals surface area contributed by atoms with Gasteiger partial charge in [-0.2, -0.15) is 0 Å². The maximum Gasteiger partial charge on any atom is 0.328 e. The molecular formula is C20H30N2O6. The topological polar surface area (TPSA) is 107 Å². The van der Waals surface area contributed by atoms with E-state index in [2.05, 4.69) is 17.2 Å². The molecule has 1 aromatic rings. The van der Waals surface area contributed by atoms with E-state index in [9.17, 15) is 14.7 Å². The molecule has 1 aliphatic rings. The lowest BCUT2D eigenvalue weighted by Gasteiger charge is -2.25. The molecule has 0 unspecified atom stereocenters. The van der Waals surface area contributed by atoms with E-state index in [-0.39, 0.29) is 23.3 Å². The van der Waals surface area contributed by atoms with E-state index in [1.165, 1.54) is 39.1 Å². The molecule has 0 aliphatic heterocycles. The van der Waals surface area contributed by atoms with Crippen molar-refractivity contribution in [3.63, 3.8) is 0 Å². The Labute approximate surface area is 165 Å². The molecule has 1 aromatic heterocycles. The van der Waals surface area contributed by atoms with Crippen LogP contribution in [0.5, 0.6) is 11.5 Å². The number of aromatic hydroxyl groups is 1. The lowest BCUT2D eigenvalue weighted by atomic mass is 10.1. The van der Waals surface area contributed by atoms with Crippen LogP contribution in [0.2, 0.25) is 0 Å². The molecule has 0 aromatic carbocycles. The van der Waals surface area contributed by atoms with Crippen LogP contribution in [0.1, 0.15) is 56.9 Å². The van der Waals surface area contributed by atoms with Crippen molar-refractivity contribution in [1.82, 2.24) is 10.3 Å². The molecular weight excluding hydrogens is 364 g/mol. The summed E-state index contributed by atoms with van der Waals surface area (Å²) in [5.74, 6) is -0.890. The Morgan fingerprint density at radius 2 is 2.07 bits per heavy atom. The number of carbonyl (C=O) groups excluding carboxylic acids is 2. The number of nitrogens with one attached hydrogen (secondary N) is 1. The highest BCUT2D eigenvalue weighted by molar-refractivity contribution is 5.97. The Bertz CT molecular complexity index is 677. The van der Waals surface area contributed by atoms with Gasteiger partial charge in [0, 0.05) is 18.9 Å². The van der Waals surface area contributed by atoms with E-state index < -0.39 is 24.0 Å². The van der Waals surface area contributed by atoms with Gasteiger partial charge in [-0.25, -0.2) is 9.78 Å². The highest BCUT2D eigenvalue weighted by Gasteiger charge is 2.29. The first-order valence-electron chi connectivity index (χ1n) is 9.72. The maximum absolute atomic E-state index is 12.4. The Balaban J connectivity index is 1.90. The number of carbonyl (C=O) groups is 2. The van der Waals surface area contributed by atoms with Gasteiger partial charge < -0.3 is 24.6 Å². The molecule has 156 valence electrons. The molecule has 0 spiro atoms. The summed E-state index contributed by atoms with van der Waals surface area (Å²) in [6, 6.07) is 0.522. The van der Waals surface area contributed by atoms with Gasteiger partial charge >= 0.3 is 5.97 Å². The van der Waals surface area contributed by atoms with E-state index in [1.54, 1.807) is 6.92 Å². The normalized spacial score (nSPS) is 16.7. The lowest BCUT2D eigenvalue weighted by molar-refractivity contribution is -0.158. The summed E-state index contributed by atoms with van der Waals surface area (Å²) in [5.41, 5.74) is -0.219. The number of pyridine rings is 1. The van der Waals surface area contributed by atoms with E-state index in [0.29, 0.717) is 12.5 Å². The highest BCUT2D eigenvalue weighted by Crippen LogP contribution is 2.30. The Hall–Kier alpha value is -2.35. The minimum atomic E-state index is -0.909. The van der Waals surface area contributed by atoms with Crippen molar-refractivity contribution in [3.8, 4) is 11.5 Å². The van der Waals surface area contributed by atoms with Crippen molar-refractivity contribution in [2.24, 2.45) is 5.92 Å². The molecule has 8 nitrogen and oxygen atoms in total. The zero-order valence-corrected chi connectivity index (χ0v) is 16.9. The molecule has 2 rings (SSSR count). The summed E-state index contributed by atoms with van der Waals surface area (Å²) in [6.45, 7) is 6.07. The predicted octanol–water partition coefficient (Wildman–Crippen LogP) is 2.44. The summed E-state index contributed by atoms with van der Waals surface area (Å²) >= 11 is 0. The van der Waals surface area contributed by atoms with Crippen molar-refractivity contribution in [2.45, 2.75) is 64.7 Å². The standard InChI is InChI=1S/C20H30N2O6/c1-5-6-15(27-11-14-7-8-14)13(3)28-20(25)12(2)22-19(24)17-18(23)16(26-4)9-10-21-17/h9-10,12-15,23H,5-8,11H2,1-4H3,(H,22,24)/t12-,13-,15+/m0/s1. The molecule has 1 amide bonds. The zero-order valence-electron chi connectivity index (χ0n) is 16.9. The molecule has 28 heavy (non-hydrogen) atoms. The lowest BCUT2D eigenvalue weighted by Crippen LogP contribution is -2.43. The minimum absolute atomic E-state index is 0.124. The molecule has 1 saturated carbocycles. The number of hydrogen-bond donors (Lipinski definition) is 2. The summed E-state index contributed by atoms with van der Waals surface area (Å²) in [7, 11) is 1.37. The fourth-order valence-corrected chi connectivity index (χ4v) is 2.73. The molecule has 3 atom stereocenters. The van der Waals surface area contributed by atoms with E-state index in [4.69, 9.17) is 14.2 Å². The minimum Gasteiger partial charge on any atom is -0.503 e. The highest BCUT2D eigenvalue weighted by atomic mass is 16.6. The van der Waals surface area contributed by atoms with Crippen molar-refractivity contribution >= 4 is 11.9 Å². The summed E-state index contributed by atoms with van der Waals surface area (Å²) in [5, 5.41) is 12.5. The van der Waals surface area contributed by atoms with Gasteiger partial charge in [0.25, 0.3) is 5.91 Å². The number of ether oxygens (including phenoxy) is 3. The van der Waals surface area contributed by atoms with Crippen LogP contribution in [-0.4, -0.2) is 53.9 Å². The smallest absolute Gasteiger partial charge is 0.328 e.